The predicted octanol–water partition coefficient (Wildman–Crippen LogP) is 4.80. The topological polar surface area (TPSA) is 119 Å². The lowest BCUT2D eigenvalue weighted by Gasteiger charge is -2.26. The first-order valence-corrected chi connectivity index (χ1v) is 15.9. The molecule has 3 heterocycles. The van der Waals surface area contributed by atoms with Gasteiger partial charge in [-0.2, -0.15) is 8.61 Å². The fourth-order valence-electron chi connectivity index (χ4n) is 4.65. The highest BCUT2D eigenvalue weighted by Gasteiger charge is 2.28. The summed E-state index contributed by atoms with van der Waals surface area (Å²) in [5.41, 5.74) is 1.22. The van der Waals surface area contributed by atoms with Crippen LogP contribution in [0.15, 0.2) is 98.4 Å². The minimum atomic E-state index is -3.87. The largest absolute Gasteiger partial charge is 0.464 e. The molecule has 0 spiro atoms. The summed E-state index contributed by atoms with van der Waals surface area (Å²) in [5.74, 6) is 0.0789. The molecule has 0 radical (unpaired) electrons. The number of aromatic nitrogens is 2. The smallest absolute Gasteiger partial charge is 0.243 e. The molecule has 212 valence electrons. The van der Waals surface area contributed by atoms with E-state index in [0.717, 1.165) is 0 Å². The van der Waals surface area contributed by atoms with Crippen LogP contribution in [0.25, 0.3) is 21.9 Å². The lowest BCUT2D eigenvalue weighted by atomic mass is 10.2. The van der Waals surface area contributed by atoms with Gasteiger partial charge in [-0.05, 0) is 60.9 Å². The maximum Gasteiger partial charge on any atom is 0.243 e. The zero-order valence-corrected chi connectivity index (χ0v) is 24.0. The van der Waals surface area contributed by atoms with E-state index >= 15 is 0 Å². The molecule has 0 atom stereocenters. The lowest BCUT2D eigenvalue weighted by Crippen LogP contribution is -2.39. The van der Waals surface area contributed by atoms with Gasteiger partial charge in [0.15, 0.2) is 0 Å². The number of fused-ring (bicyclic) bond motifs is 2. The maximum absolute atomic E-state index is 13.8. The molecule has 0 fully saturated rings. The SMILES string of the molecule is CC(C)CN(CCCN(CCn1ccnc1)S(=O)(=O)c1ccc2occc2c1)S(=O)(=O)c1ccc2occc2c1. The average molecular weight is 585 g/mol. The first kappa shape index (κ1) is 28.1. The maximum atomic E-state index is 13.8. The van der Waals surface area contributed by atoms with E-state index < -0.39 is 20.0 Å². The quantitative estimate of drug-likeness (QED) is 0.195. The fourth-order valence-corrected chi connectivity index (χ4v) is 7.83. The fraction of sp³-hybridized carbons (Fsp3) is 0.321. The van der Waals surface area contributed by atoms with Crippen molar-refractivity contribution in [2.24, 2.45) is 5.92 Å². The molecule has 0 aliphatic carbocycles. The highest BCUT2D eigenvalue weighted by Crippen LogP contribution is 2.25. The Hall–Kier alpha value is -3.45. The molecule has 2 aromatic carbocycles. The van der Waals surface area contributed by atoms with E-state index in [1.165, 1.54) is 27.2 Å². The molecule has 12 heteroatoms. The summed E-state index contributed by atoms with van der Waals surface area (Å²) in [7, 11) is -7.69. The van der Waals surface area contributed by atoms with Crippen LogP contribution in [0.4, 0.5) is 0 Å². The summed E-state index contributed by atoms with van der Waals surface area (Å²) < 4.78 is 70.2. The highest BCUT2D eigenvalue weighted by atomic mass is 32.2. The molecule has 0 saturated carbocycles. The van der Waals surface area contributed by atoms with Gasteiger partial charge >= 0.3 is 0 Å². The van der Waals surface area contributed by atoms with E-state index in [9.17, 15) is 16.8 Å². The molecule has 0 saturated heterocycles. The van der Waals surface area contributed by atoms with Gasteiger partial charge in [0.05, 0.1) is 28.6 Å². The number of imidazole rings is 1. The van der Waals surface area contributed by atoms with Crippen molar-refractivity contribution in [1.29, 1.82) is 0 Å². The van der Waals surface area contributed by atoms with Crippen LogP contribution in [0.3, 0.4) is 0 Å². The molecule has 40 heavy (non-hydrogen) atoms. The molecule has 3 aromatic heterocycles. The molecule has 0 bridgehead atoms. The molecule has 5 rings (SSSR count). The van der Waals surface area contributed by atoms with Gasteiger partial charge in [0.25, 0.3) is 0 Å². The third-order valence-electron chi connectivity index (χ3n) is 6.67. The van der Waals surface area contributed by atoms with Gasteiger partial charge in [-0.15, -0.1) is 0 Å². The summed E-state index contributed by atoms with van der Waals surface area (Å²) in [6.07, 6.45) is 8.41. The first-order chi connectivity index (χ1) is 19.1. The number of sulfonamides is 2. The summed E-state index contributed by atoms with van der Waals surface area (Å²) in [5, 5.41) is 1.40. The Morgan fingerprint density at radius 2 is 1.38 bits per heavy atom. The van der Waals surface area contributed by atoms with Crippen LogP contribution in [0.1, 0.15) is 20.3 Å². The number of furan rings is 2. The van der Waals surface area contributed by atoms with Crippen LogP contribution < -0.4 is 0 Å². The number of hydrogen-bond acceptors (Lipinski definition) is 7. The predicted molar refractivity (Wildman–Crippen MR) is 152 cm³/mol. The number of nitrogens with zero attached hydrogens (tertiary/aromatic N) is 4. The molecule has 0 N–H and O–H groups in total. The Bertz CT molecular complexity index is 1790. The number of rotatable bonds is 13. The van der Waals surface area contributed by atoms with Gasteiger partial charge in [0.2, 0.25) is 20.0 Å². The van der Waals surface area contributed by atoms with Crippen LogP contribution in [-0.4, -0.2) is 61.2 Å². The van der Waals surface area contributed by atoms with Crippen molar-refractivity contribution < 1.29 is 25.7 Å². The van der Waals surface area contributed by atoms with E-state index in [2.05, 4.69) is 4.98 Å². The van der Waals surface area contributed by atoms with Crippen LogP contribution in [0.2, 0.25) is 0 Å². The number of benzene rings is 2. The molecule has 0 amide bonds. The van der Waals surface area contributed by atoms with Crippen molar-refractivity contribution in [3.8, 4) is 0 Å². The average Bonchev–Trinajstić information content (AvgIpc) is 3.70. The molecule has 0 aliphatic rings. The lowest BCUT2D eigenvalue weighted by molar-refractivity contribution is 0.331. The van der Waals surface area contributed by atoms with Crippen molar-refractivity contribution >= 4 is 42.0 Å². The Morgan fingerprint density at radius 1 is 0.800 bits per heavy atom. The van der Waals surface area contributed by atoms with Crippen molar-refractivity contribution in [2.45, 2.75) is 36.6 Å². The molecule has 10 nitrogen and oxygen atoms in total. The second-order valence-corrected chi connectivity index (χ2v) is 13.9. The number of hydrogen-bond donors (Lipinski definition) is 0. The second-order valence-electron chi connectivity index (χ2n) is 10.1. The zero-order valence-electron chi connectivity index (χ0n) is 22.4. The van der Waals surface area contributed by atoms with E-state index in [1.54, 1.807) is 61.2 Å². The summed E-state index contributed by atoms with van der Waals surface area (Å²) in [6, 6.07) is 13.0. The minimum absolute atomic E-state index is 0.0789. The third kappa shape index (κ3) is 5.99. The molecule has 5 aromatic rings. The van der Waals surface area contributed by atoms with Crippen LogP contribution in [0, 0.1) is 5.92 Å². The monoisotopic (exact) mass is 584 g/mol. The van der Waals surface area contributed by atoms with Crippen molar-refractivity contribution in [3.63, 3.8) is 0 Å². The van der Waals surface area contributed by atoms with Gasteiger partial charge in [-0.3, -0.25) is 0 Å². The van der Waals surface area contributed by atoms with E-state index in [-0.39, 0.29) is 35.3 Å². The molecule has 0 unspecified atom stereocenters. The Labute approximate surface area is 233 Å². The van der Waals surface area contributed by atoms with Gasteiger partial charge in [-0.1, -0.05) is 13.8 Å². The minimum Gasteiger partial charge on any atom is -0.464 e. The van der Waals surface area contributed by atoms with E-state index in [1.807, 2.05) is 18.4 Å². The second kappa shape index (κ2) is 11.6. The van der Waals surface area contributed by atoms with E-state index in [4.69, 9.17) is 8.83 Å². The third-order valence-corrected chi connectivity index (χ3v) is 10.4. The Balaban J connectivity index is 1.37. The molecule has 0 aliphatic heterocycles. The van der Waals surface area contributed by atoms with Crippen molar-refractivity contribution in [3.05, 3.63) is 79.8 Å². The first-order valence-electron chi connectivity index (χ1n) is 13.1. The molecular weight excluding hydrogens is 552 g/mol. The Morgan fingerprint density at radius 3 is 1.93 bits per heavy atom. The van der Waals surface area contributed by atoms with Crippen LogP contribution in [-0.2, 0) is 26.6 Å². The van der Waals surface area contributed by atoms with E-state index in [0.29, 0.717) is 41.4 Å². The molecular formula is C28H32N4O6S2. The van der Waals surface area contributed by atoms with Gasteiger partial charge in [-0.25, -0.2) is 21.8 Å². The summed E-state index contributed by atoms with van der Waals surface area (Å²) in [4.78, 5) is 4.38. The zero-order chi connectivity index (χ0) is 28.3. The normalized spacial score (nSPS) is 12.9. The van der Waals surface area contributed by atoms with Crippen molar-refractivity contribution in [2.75, 3.05) is 26.2 Å². The summed E-state index contributed by atoms with van der Waals surface area (Å²) >= 11 is 0. The Kier molecular flexibility index (Phi) is 8.13. The standard InChI is InChI=1S/C28H32N4O6S2/c1-22(2)20-32(40(35,36)26-5-7-28-24(19-26)9-17-38-28)12-3-11-31(15-14-30-13-10-29-21-30)39(33,34)25-4-6-27-23(18-25)8-16-37-27/h4-10,13,16-19,21-22H,3,11-12,14-15,20H2,1-2H3. The highest BCUT2D eigenvalue weighted by molar-refractivity contribution is 7.89. The summed E-state index contributed by atoms with van der Waals surface area (Å²) in [6.45, 7) is 5.14. The van der Waals surface area contributed by atoms with Gasteiger partial charge < -0.3 is 13.4 Å². The van der Waals surface area contributed by atoms with Crippen LogP contribution >= 0.6 is 0 Å². The van der Waals surface area contributed by atoms with Crippen molar-refractivity contribution in [1.82, 2.24) is 18.2 Å². The van der Waals surface area contributed by atoms with Gasteiger partial charge in [0, 0.05) is 55.9 Å². The van der Waals surface area contributed by atoms with Gasteiger partial charge in [0.1, 0.15) is 11.2 Å². The van der Waals surface area contributed by atoms with Crippen LogP contribution in [0.5, 0.6) is 0 Å².